The van der Waals surface area contributed by atoms with Gasteiger partial charge in [-0.3, -0.25) is 4.79 Å². The number of amides is 1. The van der Waals surface area contributed by atoms with Crippen molar-refractivity contribution in [1.82, 2.24) is 10.6 Å². The van der Waals surface area contributed by atoms with Crippen LogP contribution in [0.2, 0.25) is 0 Å². The van der Waals surface area contributed by atoms with Gasteiger partial charge in [-0.15, -0.1) is 24.8 Å². The highest BCUT2D eigenvalue weighted by Crippen LogP contribution is 2.44. The molecule has 0 spiro atoms. The van der Waals surface area contributed by atoms with Crippen molar-refractivity contribution in [3.05, 3.63) is 30.3 Å². The van der Waals surface area contributed by atoms with E-state index in [-0.39, 0.29) is 30.2 Å². The van der Waals surface area contributed by atoms with Gasteiger partial charge in [0.25, 0.3) is 0 Å². The summed E-state index contributed by atoms with van der Waals surface area (Å²) in [5.74, 6) is 0.856. The van der Waals surface area contributed by atoms with Gasteiger partial charge in [0, 0.05) is 31.4 Å². The van der Waals surface area contributed by atoms with Crippen molar-refractivity contribution in [2.24, 2.45) is 11.3 Å². The Kier molecular flexibility index (Phi) is 7.01. The number of benzene rings is 1. The number of halogens is 2. The Hall–Kier alpha value is -0.970. The fourth-order valence-corrected chi connectivity index (χ4v) is 4.77. The standard InChI is InChI=1S/C19H27N3O.2ClH/c23-18(19-10-5-4-6-15(19)12-20-14-19)21-16-9-11-22(13-16)17-7-2-1-3-8-17;;/h1-3,7-8,15-16,20H,4-6,9-14H2,(H,21,23);2*1H/t15-,16?,19+;;/m0../s1. The number of rotatable bonds is 3. The molecule has 4 nitrogen and oxygen atoms in total. The third kappa shape index (κ3) is 3.91. The molecule has 2 saturated heterocycles. The lowest BCUT2D eigenvalue weighted by atomic mass is 9.67. The Labute approximate surface area is 162 Å². The van der Waals surface area contributed by atoms with Crippen LogP contribution in [0.1, 0.15) is 32.1 Å². The SMILES string of the molecule is Cl.Cl.O=C(NC1CCN(c2ccccc2)C1)[C@@]12CCCC[C@H]1CNC2. The average molecular weight is 386 g/mol. The number of nitrogens with one attached hydrogen (secondary N) is 2. The van der Waals surface area contributed by atoms with Gasteiger partial charge < -0.3 is 15.5 Å². The van der Waals surface area contributed by atoms with Gasteiger partial charge in [-0.25, -0.2) is 0 Å². The Bertz CT molecular complexity index is 571. The number of carbonyl (C=O) groups is 1. The van der Waals surface area contributed by atoms with Crippen LogP contribution in [0.5, 0.6) is 0 Å². The summed E-state index contributed by atoms with van der Waals surface area (Å²) in [6.07, 6.45) is 5.81. The molecule has 1 aliphatic carbocycles. The Morgan fingerprint density at radius 2 is 1.96 bits per heavy atom. The molecule has 3 atom stereocenters. The molecular weight excluding hydrogens is 357 g/mol. The van der Waals surface area contributed by atoms with E-state index in [1.165, 1.54) is 24.9 Å². The van der Waals surface area contributed by atoms with Gasteiger partial charge in [-0.2, -0.15) is 0 Å². The summed E-state index contributed by atoms with van der Waals surface area (Å²) in [5.41, 5.74) is 1.14. The van der Waals surface area contributed by atoms with Crippen molar-refractivity contribution in [2.45, 2.75) is 38.1 Å². The number of hydrogen-bond donors (Lipinski definition) is 2. The summed E-state index contributed by atoms with van der Waals surface area (Å²) in [6.45, 7) is 3.86. The molecule has 1 aromatic carbocycles. The van der Waals surface area contributed by atoms with Crippen molar-refractivity contribution in [3.8, 4) is 0 Å². The van der Waals surface area contributed by atoms with Crippen LogP contribution in [-0.4, -0.2) is 38.1 Å². The normalized spacial score (nSPS) is 30.8. The molecule has 6 heteroatoms. The Morgan fingerprint density at radius 3 is 2.76 bits per heavy atom. The Balaban J connectivity index is 0.00000113. The third-order valence-corrected chi connectivity index (χ3v) is 6.14. The van der Waals surface area contributed by atoms with Gasteiger partial charge in [0.1, 0.15) is 0 Å². The maximum absolute atomic E-state index is 13.0. The number of nitrogens with zero attached hydrogens (tertiary/aromatic N) is 1. The van der Waals surface area contributed by atoms with E-state index >= 15 is 0 Å². The summed E-state index contributed by atoms with van der Waals surface area (Å²) in [6, 6.07) is 10.8. The van der Waals surface area contributed by atoms with E-state index in [1.54, 1.807) is 0 Å². The highest BCUT2D eigenvalue weighted by Gasteiger charge is 2.50. The van der Waals surface area contributed by atoms with Crippen molar-refractivity contribution in [3.63, 3.8) is 0 Å². The van der Waals surface area contributed by atoms with Crippen LogP contribution in [0.3, 0.4) is 0 Å². The molecule has 2 aliphatic heterocycles. The molecule has 1 unspecified atom stereocenters. The molecule has 0 aromatic heterocycles. The van der Waals surface area contributed by atoms with E-state index in [2.05, 4.69) is 39.8 Å². The zero-order valence-electron chi connectivity index (χ0n) is 14.6. The molecule has 4 rings (SSSR count). The predicted octanol–water partition coefficient (Wildman–Crippen LogP) is 3.00. The largest absolute Gasteiger partial charge is 0.369 e. The number of anilines is 1. The summed E-state index contributed by atoms with van der Waals surface area (Å²) in [7, 11) is 0. The van der Waals surface area contributed by atoms with Crippen LogP contribution in [0.25, 0.3) is 0 Å². The molecule has 1 saturated carbocycles. The van der Waals surface area contributed by atoms with Crippen molar-refractivity contribution in [1.29, 1.82) is 0 Å². The van der Waals surface area contributed by atoms with Gasteiger partial charge in [0.2, 0.25) is 5.91 Å². The van der Waals surface area contributed by atoms with Gasteiger partial charge in [0.15, 0.2) is 0 Å². The van der Waals surface area contributed by atoms with Crippen LogP contribution >= 0.6 is 24.8 Å². The maximum atomic E-state index is 13.0. The summed E-state index contributed by atoms with van der Waals surface area (Å²) < 4.78 is 0. The zero-order chi connectivity index (χ0) is 15.7. The first-order chi connectivity index (χ1) is 11.3. The van der Waals surface area contributed by atoms with E-state index < -0.39 is 0 Å². The first-order valence-corrected chi connectivity index (χ1v) is 9.10. The van der Waals surface area contributed by atoms with E-state index in [0.29, 0.717) is 17.9 Å². The number of fused-ring (bicyclic) bond motifs is 1. The quantitative estimate of drug-likeness (QED) is 0.840. The molecule has 3 fully saturated rings. The lowest BCUT2D eigenvalue weighted by molar-refractivity contribution is -0.134. The highest BCUT2D eigenvalue weighted by molar-refractivity contribution is 5.85. The van der Waals surface area contributed by atoms with Crippen molar-refractivity contribution < 1.29 is 4.79 Å². The maximum Gasteiger partial charge on any atom is 0.228 e. The molecule has 25 heavy (non-hydrogen) atoms. The molecular formula is C19H29Cl2N3O. The van der Waals surface area contributed by atoms with Gasteiger partial charge >= 0.3 is 0 Å². The minimum atomic E-state index is -0.127. The second-order valence-corrected chi connectivity index (χ2v) is 7.47. The van der Waals surface area contributed by atoms with Crippen molar-refractivity contribution >= 4 is 36.4 Å². The van der Waals surface area contributed by atoms with E-state index in [1.807, 2.05) is 6.07 Å². The molecule has 3 aliphatic rings. The fourth-order valence-electron chi connectivity index (χ4n) is 4.77. The van der Waals surface area contributed by atoms with E-state index in [0.717, 1.165) is 39.0 Å². The van der Waals surface area contributed by atoms with Gasteiger partial charge in [0.05, 0.1) is 5.41 Å². The minimum absolute atomic E-state index is 0. The topological polar surface area (TPSA) is 44.4 Å². The average Bonchev–Trinajstić information content (AvgIpc) is 3.23. The molecule has 2 N–H and O–H groups in total. The number of para-hydroxylation sites is 1. The fraction of sp³-hybridized carbons (Fsp3) is 0.632. The molecule has 0 bridgehead atoms. The monoisotopic (exact) mass is 385 g/mol. The second-order valence-electron chi connectivity index (χ2n) is 7.47. The van der Waals surface area contributed by atoms with Gasteiger partial charge in [-0.05, 0) is 43.9 Å². The summed E-state index contributed by atoms with van der Waals surface area (Å²) in [4.78, 5) is 15.4. The molecule has 0 radical (unpaired) electrons. The van der Waals surface area contributed by atoms with Crippen LogP contribution in [0.4, 0.5) is 5.69 Å². The highest BCUT2D eigenvalue weighted by atomic mass is 35.5. The molecule has 2 heterocycles. The van der Waals surface area contributed by atoms with E-state index in [9.17, 15) is 4.79 Å². The van der Waals surface area contributed by atoms with Crippen LogP contribution in [-0.2, 0) is 4.79 Å². The minimum Gasteiger partial charge on any atom is -0.369 e. The smallest absolute Gasteiger partial charge is 0.228 e. The lowest BCUT2D eigenvalue weighted by Gasteiger charge is -2.37. The van der Waals surface area contributed by atoms with Crippen LogP contribution < -0.4 is 15.5 Å². The van der Waals surface area contributed by atoms with Crippen LogP contribution in [0, 0.1) is 11.3 Å². The van der Waals surface area contributed by atoms with E-state index in [4.69, 9.17) is 0 Å². The molecule has 1 aromatic rings. The number of hydrogen-bond acceptors (Lipinski definition) is 3. The van der Waals surface area contributed by atoms with Crippen LogP contribution in [0.15, 0.2) is 30.3 Å². The second kappa shape index (κ2) is 8.61. The first kappa shape index (κ1) is 20.3. The molecule has 140 valence electrons. The third-order valence-electron chi connectivity index (χ3n) is 6.14. The predicted molar refractivity (Wildman–Crippen MR) is 107 cm³/mol. The zero-order valence-corrected chi connectivity index (χ0v) is 16.2. The summed E-state index contributed by atoms with van der Waals surface area (Å²) >= 11 is 0. The molecule has 1 amide bonds. The summed E-state index contributed by atoms with van der Waals surface area (Å²) in [5, 5.41) is 6.86. The Morgan fingerprint density at radius 1 is 1.16 bits per heavy atom. The number of carbonyl (C=O) groups excluding carboxylic acids is 1. The van der Waals surface area contributed by atoms with Gasteiger partial charge in [-0.1, -0.05) is 31.0 Å². The lowest BCUT2D eigenvalue weighted by Crippen LogP contribution is -2.51. The van der Waals surface area contributed by atoms with Crippen molar-refractivity contribution in [2.75, 3.05) is 31.1 Å². The first-order valence-electron chi connectivity index (χ1n) is 9.10.